The minimum atomic E-state index is -0.620. The molecule has 0 aromatic heterocycles. The lowest BCUT2D eigenvalue weighted by molar-refractivity contribution is 0.112. The fourth-order valence-electron chi connectivity index (χ4n) is 6.19. The van der Waals surface area contributed by atoms with E-state index in [1.165, 1.54) is 32.1 Å². The van der Waals surface area contributed by atoms with Gasteiger partial charge in [0.2, 0.25) is 0 Å². The monoisotopic (exact) mass is 400 g/mol. The van der Waals surface area contributed by atoms with Crippen molar-refractivity contribution in [3.63, 3.8) is 0 Å². The van der Waals surface area contributed by atoms with E-state index in [0.717, 1.165) is 12.0 Å². The first-order chi connectivity index (χ1) is 13.7. The maximum Gasteiger partial charge on any atom is 0.0809 e. The van der Waals surface area contributed by atoms with Gasteiger partial charge >= 0.3 is 0 Å². The van der Waals surface area contributed by atoms with Crippen molar-refractivity contribution in [3.8, 4) is 0 Å². The lowest BCUT2D eigenvalue weighted by Gasteiger charge is -2.44. The molecule has 7 unspecified atom stereocenters. The van der Waals surface area contributed by atoms with Gasteiger partial charge in [0.25, 0.3) is 0 Å². The molecule has 0 spiro atoms. The van der Waals surface area contributed by atoms with Gasteiger partial charge in [0.1, 0.15) is 0 Å². The molecule has 0 amide bonds. The minimum Gasteiger partial charge on any atom is -0.393 e. The van der Waals surface area contributed by atoms with Crippen LogP contribution in [0.5, 0.6) is 0 Å². The summed E-state index contributed by atoms with van der Waals surface area (Å²) in [5.74, 6) is 1.87. The Kier molecular flexibility index (Phi) is 7.24. The van der Waals surface area contributed by atoms with E-state index in [1.54, 1.807) is 5.57 Å². The summed E-state index contributed by atoms with van der Waals surface area (Å²) in [6, 6.07) is 0. The van der Waals surface area contributed by atoms with Crippen LogP contribution < -0.4 is 0 Å². The second-order valence-electron chi connectivity index (χ2n) is 10.0. The summed E-state index contributed by atoms with van der Waals surface area (Å²) in [5.41, 5.74) is 3.58. The fraction of sp³-hybridized carbons (Fsp3) is 0.692. The number of hydrogen-bond acceptors (Lipinski definition) is 3. The second kappa shape index (κ2) is 9.32. The Morgan fingerprint density at radius 1 is 1.14 bits per heavy atom. The van der Waals surface area contributed by atoms with Crippen LogP contribution in [0.3, 0.4) is 0 Å². The Bertz CT molecular complexity index is 670. The Hall–Kier alpha value is -1.16. The molecule has 0 aromatic rings. The predicted molar refractivity (Wildman–Crippen MR) is 119 cm³/mol. The highest BCUT2D eigenvalue weighted by molar-refractivity contribution is 5.29. The highest BCUT2D eigenvalue weighted by Gasteiger charge is 2.50. The number of rotatable bonds is 5. The van der Waals surface area contributed by atoms with Crippen LogP contribution in [0.1, 0.15) is 72.1 Å². The van der Waals surface area contributed by atoms with Crippen molar-refractivity contribution >= 4 is 0 Å². The van der Waals surface area contributed by atoms with Gasteiger partial charge in [-0.05, 0) is 87.0 Å². The van der Waals surface area contributed by atoms with Gasteiger partial charge in [0.05, 0.1) is 18.3 Å². The standard InChI is InChI=1S/C26H40O3/c1-17(7-5-8-18(2)27)22-12-13-23-21(9-6-14-26(22,23)4)11-10-20-15-24(28)19(3)25(29)16-20/h5,7,10-11,17-18,22-25,27-29H,3,6,8-9,12-16H2,1-2,4H3. The molecule has 0 heterocycles. The smallest absolute Gasteiger partial charge is 0.0809 e. The van der Waals surface area contributed by atoms with Crippen LogP contribution in [0.15, 0.2) is 47.6 Å². The summed E-state index contributed by atoms with van der Waals surface area (Å²) in [6.07, 6.45) is 15.6. The van der Waals surface area contributed by atoms with Crippen LogP contribution in [0, 0.1) is 23.2 Å². The first-order valence-electron chi connectivity index (χ1n) is 11.5. The molecule has 162 valence electrons. The number of allylic oxidation sites excluding steroid dienone is 4. The third kappa shape index (κ3) is 4.95. The largest absolute Gasteiger partial charge is 0.393 e. The van der Waals surface area contributed by atoms with Gasteiger partial charge in [-0.2, -0.15) is 0 Å². The molecule has 0 bridgehead atoms. The molecular weight excluding hydrogens is 360 g/mol. The van der Waals surface area contributed by atoms with E-state index in [2.05, 4.69) is 44.7 Å². The van der Waals surface area contributed by atoms with Crippen LogP contribution >= 0.6 is 0 Å². The van der Waals surface area contributed by atoms with Crippen LogP contribution in [0.25, 0.3) is 0 Å². The molecule has 3 fully saturated rings. The molecule has 0 saturated heterocycles. The summed E-state index contributed by atoms with van der Waals surface area (Å²) in [7, 11) is 0. The lowest BCUT2D eigenvalue weighted by Crippen LogP contribution is -2.35. The lowest BCUT2D eigenvalue weighted by atomic mass is 9.61. The van der Waals surface area contributed by atoms with E-state index in [4.69, 9.17) is 0 Å². The van der Waals surface area contributed by atoms with Crippen LogP contribution in [-0.4, -0.2) is 33.6 Å². The van der Waals surface area contributed by atoms with Gasteiger partial charge in [-0.3, -0.25) is 0 Å². The van der Waals surface area contributed by atoms with Crippen molar-refractivity contribution in [1.29, 1.82) is 0 Å². The van der Waals surface area contributed by atoms with E-state index in [9.17, 15) is 15.3 Å². The van der Waals surface area contributed by atoms with Crippen molar-refractivity contribution in [2.75, 3.05) is 0 Å². The maximum absolute atomic E-state index is 10.1. The average molecular weight is 401 g/mol. The summed E-state index contributed by atoms with van der Waals surface area (Å²) in [6.45, 7) is 10.5. The van der Waals surface area contributed by atoms with Crippen molar-refractivity contribution in [2.24, 2.45) is 23.2 Å². The first kappa shape index (κ1) is 22.5. The molecule has 3 aliphatic carbocycles. The van der Waals surface area contributed by atoms with Crippen LogP contribution in [0.4, 0.5) is 0 Å². The van der Waals surface area contributed by atoms with E-state index in [0.29, 0.717) is 41.6 Å². The van der Waals surface area contributed by atoms with E-state index in [-0.39, 0.29) is 6.10 Å². The van der Waals surface area contributed by atoms with Crippen molar-refractivity contribution in [3.05, 3.63) is 47.6 Å². The third-order valence-corrected chi connectivity index (χ3v) is 7.89. The quantitative estimate of drug-likeness (QED) is 0.563. The normalized spacial score (nSPS) is 39.0. The van der Waals surface area contributed by atoms with E-state index >= 15 is 0 Å². The molecule has 3 heteroatoms. The molecule has 3 saturated carbocycles. The Morgan fingerprint density at radius 3 is 2.48 bits per heavy atom. The molecular formula is C26H40O3. The molecule has 0 radical (unpaired) electrons. The number of hydrogen-bond donors (Lipinski definition) is 3. The average Bonchev–Trinajstić information content (AvgIpc) is 3.01. The Labute approximate surface area is 176 Å². The highest BCUT2D eigenvalue weighted by atomic mass is 16.3. The fourth-order valence-corrected chi connectivity index (χ4v) is 6.19. The summed E-state index contributed by atoms with van der Waals surface area (Å²) >= 11 is 0. The number of fused-ring (bicyclic) bond motifs is 1. The zero-order valence-electron chi connectivity index (χ0n) is 18.5. The Balaban J connectivity index is 1.72. The maximum atomic E-state index is 10.1. The Morgan fingerprint density at radius 2 is 1.83 bits per heavy atom. The van der Waals surface area contributed by atoms with Crippen molar-refractivity contribution in [2.45, 2.75) is 90.4 Å². The molecule has 0 aromatic carbocycles. The molecule has 3 aliphatic rings. The molecule has 7 atom stereocenters. The topological polar surface area (TPSA) is 60.7 Å². The summed E-state index contributed by atoms with van der Waals surface area (Å²) < 4.78 is 0. The van der Waals surface area contributed by atoms with Crippen molar-refractivity contribution in [1.82, 2.24) is 0 Å². The van der Waals surface area contributed by atoms with Crippen LogP contribution in [-0.2, 0) is 0 Å². The van der Waals surface area contributed by atoms with Gasteiger partial charge < -0.3 is 15.3 Å². The van der Waals surface area contributed by atoms with Gasteiger partial charge in [-0.25, -0.2) is 0 Å². The molecule has 3 N–H and O–H groups in total. The molecule has 29 heavy (non-hydrogen) atoms. The molecule has 3 rings (SSSR count). The summed E-state index contributed by atoms with van der Waals surface area (Å²) in [4.78, 5) is 0. The van der Waals surface area contributed by atoms with Gasteiger partial charge in [-0.1, -0.05) is 55.9 Å². The van der Waals surface area contributed by atoms with E-state index < -0.39 is 12.2 Å². The SMILES string of the molecule is C=C1C(O)CC(=CC=C2CCCC3(C)C2CCC3C(C)C=CCC(C)O)CC1O. The first-order valence-corrected chi connectivity index (χ1v) is 11.5. The zero-order valence-corrected chi connectivity index (χ0v) is 18.5. The van der Waals surface area contributed by atoms with Crippen molar-refractivity contribution < 1.29 is 15.3 Å². The molecule has 0 aliphatic heterocycles. The highest BCUT2D eigenvalue weighted by Crippen LogP contribution is 2.59. The summed E-state index contributed by atoms with van der Waals surface area (Å²) in [5, 5.41) is 29.7. The third-order valence-electron chi connectivity index (χ3n) is 7.89. The predicted octanol–water partition coefficient (Wildman–Crippen LogP) is 5.09. The van der Waals surface area contributed by atoms with Crippen LogP contribution in [0.2, 0.25) is 0 Å². The minimum absolute atomic E-state index is 0.267. The molecule has 3 nitrogen and oxygen atoms in total. The van der Waals surface area contributed by atoms with Gasteiger partial charge in [-0.15, -0.1) is 0 Å². The zero-order chi connectivity index (χ0) is 21.2. The number of aliphatic hydroxyl groups excluding tert-OH is 3. The second-order valence-corrected chi connectivity index (χ2v) is 10.0. The number of aliphatic hydroxyl groups is 3. The van der Waals surface area contributed by atoms with Gasteiger partial charge in [0, 0.05) is 0 Å². The van der Waals surface area contributed by atoms with E-state index in [1.807, 2.05) is 6.92 Å². The van der Waals surface area contributed by atoms with Gasteiger partial charge in [0.15, 0.2) is 0 Å².